The molecule has 6 nitrogen and oxygen atoms in total. The second kappa shape index (κ2) is 6.78. The van der Waals surface area contributed by atoms with Gasteiger partial charge in [-0.15, -0.1) is 0 Å². The second-order valence-corrected chi connectivity index (χ2v) is 5.15. The molecule has 0 spiro atoms. The van der Waals surface area contributed by atoms with Crippen molar-refractivity contribution in [1.29, 1.82) is 0 Å². The lowest BCUT2D eigenvalue weighted by atomic mass is 10.1. The molecule has 1 atom stereocenters. The first-order chi connectivity index (χ1) is 9.63. The Kier molecular flexibility index (Phi) is 5.05. The molecule has 2 heterocycles. The van der Waals surface area contributed by atoms with E-state index in [9.17, 15) is 4.79 Å². The lowest BCUT2D eigenvalue weighted by Gasteiger charge is -2.39. The predicted octanol–water partition coefficient (Wildman–Crippen LogP) is -0.0571. The van der Waals surface area contributed by atoms with Gasteiger partial charge in [-0.2, -0.15) is 0 Å². The van der Waals surface area contributed by atoms with Gasteiger partial charge in [0.2, 0.25) is 0 Å². The fourth-order valence-corrected chi connectivity index (χ4v) is 2.44. The summed E-state index contributed by atoms with van der Waals surface area (Å²) in [5.41, 5.74) is 7.26. The summed E-state index contributed by atoms with van der Waals surface area (Å²) in [7, 11) is 3.48. The molecular formula is C14H22N4O2. The molecule has 0 amide bonds. The van der Waals surface area contributed by atoms with Crippen LogP contribution in [0.25, 0.3) is 0 Å². The zero-order valence-corrected chi connectivity index (χ0v) is 12.1. The molecule has 1 unspecified atom stereocenters. The molecule has 20 heavy (non-hydrogen) atoms. The van der Waals surface area contributed by atoms with Crippen molar-refractivity contribution in [3.8, 4) is 0 Å². The topological polar surface area (TPSA) is 71.7 Å². The highest BCUT2D eigenvalue weighted by molar-refractivity contribution is 5.88. The molecule has 1 aliphatic heterocycles. The standard InChI is InChI=1S/C14H22N4O2/c1-17-5-6-18(13(7-15)10-17)9-12-4-3-11(8-16-12)14(19)20-2/h3-4,8,13H,5-7,9-10,15H2,1-2H3. The van der Waals surface area contributed by atoms with Crippen LogP contribution in [-0.4, -0.2) is 67.1 Å². The van der Waals surface area contributed by atoms with Crippen molar-refractivity contribution in [3.05, 3.63) is 29.6 Å². The van der Waals surface area contributed by atoms with E-state index in [-0.39, 0.29) is 5.97 Å². The van der Waals surface area contributed by atoms with Crippen molar-refractivity contribution >= 4 is 5.97 Å². The summed E-state index contributed by atoms with van der Waals surface area (Å²) in [5.74, 6) is -0.358. The summed E-state index contributed by atoms with van der Waals surface area (Å²) >= 11 is 0. The number of piperazine rings is 1. The Hall–Kier alpha value is -1.50. The van der Waals surface area contributed by atoms with Crippen molar-refractivity contribution in [3.63, 3.8) is 0 Å². The third-order valence-electron chi connectivity index (χ3n) is 3.69. The van der Waals surface area contributed by atoms with E-state index in [1.54, 1.807) is 12.3 Å². The Labute approximate surface area is 119 Å². The smallest absolute Gasteiger partial charge is 0.339 e. The third kappa shape index (κ3) is 3.53. The monoisotopic (exact) mass is 278 g/mol. The Morgan fingerprint density at radius 1 is 1.50 bits per heavy atom. The summed E-state index contributed by atoms with van der Waals surface area (Å²) < 4.78 is 4.66. The molecule has 6 heteroatoms. The van der Waals surface area contributed by atoms with E-state index in [0.717, 1.165) is 31.9 Å². The SMILES string of the molecule is COC(=O)c1ccc(CN2CCN(C)CC2CN)nc1. The van der Waals surface area contributed by atoms with Gasteiger partial charge in [0, 0.05) is 45.0 Å². The van der Waals surface area contributed by atoms with Gasteiger partial charge >= 0.3 is 5.97 Å². The number of hydrogen-bond acceptors (Lipinski definition) is 6. The van der Waals surface area contributed by atoms with Crippen LogP contribution in [0.5, 0.6) is 0 Å². The zero-order chi connectivity index (χ0) is 14.5. The van der Waals surface area contributed by atoms with Gasteiger partial charge in [0.05, 0.1) is 18.4 Å². The summed E-state index contributed by atoms with van der Waals surface area (Å²) in [4.78, 5) is 20.3. The Morgan fingerprint density at radius 2 is 2.30 bits per heavy atom. The predicted molar refractivity (Wildman–Crippen MR) is 76.3 cm³/mol. The molecule has 110 valence electrons. The van der Waals surface area contributed by atoms with Gasteiger partial charge in [-0.1, -0.05) is 0 Å². The average molecular weight is 278 g/mol. The second-order valence-electron chi connectivity index (χ2n) is 5.15. The van der Waals surface area contributed by atoms with Crippen LogP contribution in [0.4, 0.5) is 0 Å². The van der Waals surface area contributed by atoms with Gasteiger partial charge in [0.1, 0.15) is 0 Å². The van der Waals surface area contributed by atoms with Crippen LogP contribution in [0.2, 0.25) is 0 Å². The highest BCUT2D eigenvalue weighted by Gasteiger charge is 2.24. The van der Waals surface area contributed by atoms with E-state index in [4.69, 9.17) is 5.73 Å². The number of ether oxygens (including phenoxy) is 1. The van der Waals surface area contributed by atoms with E-state index in [2.05, 4.69) is 26.6 Å². The molecule has 1 saturated heterocycles. The third-order valence-corrected chi connectivity index (χ3v) is 3.69. The molecule has 2 rings (SSSR count). The summed E-state index contributed by atoms with van der Waals surface area (Å²) in [5, 5.41) is 0. The highest BCUT2D eigenvalue weighted by Crippen LogP contribution is 2.12. The van der Waals surface area contributed by atoms with E-state index in [1.807, 2.05) is 6.07 Å². The lowest BCUT2D eigenvalue weighted by molar-refractivity contribution is 0.0600. The number of aromatic nitrogens is 1. The number of carbonyl (C=O) groups is 1. The zero-order valence-electron chi connectivity index (χ0n) is 12.1. The first kappa shape index (κ1) is 14.9. The van der Waals surface area contributed by atoms with E-state index < -0.39 is 0 Å². The number of esters is 1. The van der Waals surface area contributed by atoms with Crippen LogP contribution >= 0.6 is 0 Å². The molecule has 1 aliphatic rings. The molecule has 1 aromatic rings. The molecule has 1 aromatic heterocycles. The molecular weight excluding hydrogens is 256 g/mol. The van der Waals surface area contributed by atoms with Gasteiger partial charge in [-0.3, -0.25) is 9.88 Å². The number of methoxy groups -OCH3 is 1. The molecule has 0 saturated carbocycles. The van der Waals surface area contributed by atoms with Crippen molar-refractivity contribution in [2.75, 3.05) is 40.3 Å². The quantitative estimate of drug-likeness (QED) is 0.778. The maximum Gasteiger partial charge on any atom is 0.339 e. The van der Waals surface area contributed by atoms with Crippen LogP contribution in [0.15, 0.2) is 18.3 Å². The fourth-order valence-electron chi connectivity index (χ4n) is 2.44. The van der Waals surface area contributed by atoms with Crippen LogP contribution in [-0.2, 0) is 11.3 Å². The Bertz CT molecular complexity index is 449. The first-order valence-electron chi connectivity index (χ1n) is 6.80. The van der Waals surface area contributed by atoms with Gasteiger partial charge in [-0.25, -0.2) is 4.79 Å². The minimum Gasteiger partial charge on any atom is -0.465 e. The number of likely N-dealkylation sites (N-methyl/N-ethyl adjacent to an activating group) is 1. The number of rotatable bonds is 4. The maximum atomic E-state index is 11.4. The number of nitrogens with two attached hydrogens (primary N) is 1. The summed E-state index contributed by atoms with van der Waals surface area (Å²) in [6.07, 6.45) is 1.56. The minimum absolute atomic E-state index is 0.357. The number of carbonyl (C=O) groups excluding carboxylic acids is 1. The van der Waals surface area contributed by atoms with Gasteiger partial charge in [0.25, 0.3) is 0 Å². The Morgan fingerprint density at radius 3 is 2.90 bits per heavy atom. The average Bonchev–Trinajstić information content (AvgIpc) is 2.49. The van der Waals surface area contributed by atoms with Crippen LogP contribution < -0.4 is 5.73 Å². The fraction of sp³-hybridized carbons (Fsp3) is 0.571. The molecule has 2 N–H and O–H groups in total. The molecule has 0 bridgehead atoms. The largest absolute Gasteiger partial charge is 0.465 e. The Balaban J connectivity index is 2.00. The molecule has 0 aliphatic carbocycles. The van der Waals surface area contributed by atoms with E-state index >= 15 is 0 Å². The number of pyridine rings is 1. The van der Waals surface area contributed by atoms with Crippen LogP contribution in [0.1, 0.15) is 16.1 Å². The lowest BCUT2D eigenvalue weighted by Crippen LogP contribution is -2.54. The molecule has 0 radical (unpaired) electrons. The number of nitrogens with zero attached hydrogens (tertiary/aromatic N) is 3. The summed E-state index contributed by atoms with van der Waals surface area (Å²) in [6.45, 7) is 4.41. The van der Waals surface area contributed by atoms with Gasteiger partial charge in [-0.05, 0) is 19.2 Å². The maximum absolute atomic E-state index is 11.4. The van der Waals surface area contributed by atoms with Crippen molar-refractivity contribution in [2.24, 2.45) is 5.73 Å². The van der Waals surface area contributed by atoms with E-state index in [0.29, 0.717) is 18.2 Å². The van der Waals surface area contributed by atoms with Crippen molar-refractivity contribution in [2.45, 2.75) is 12.6 Å². The molecule has 0 aromatic carbocycles. The first-order valence-corrected chi connectivity index (χ1v) is 6.80. The van der Waals surface area contributed by atoms with Gasteiger partial charge < -0.3 is 15.4 Å². The summed E-state index contributed by atoms with van der Waals surface area (Å²) in [6, 6.07) is 3.98. The van der Waals surface area contributed by atoms with Crippen LogP contribution in [0, 0.1) is 0 Å². The molecule has 1 fully saturated rings. The van der Waals surface area contributed by atoms with Crippen LogP contribution in [0.3, 0.4) is 0 Å². The highest BCUT2D eigenvalue weighted by atomic mass is 16.5. The normalized spacial score (nSPS) is 20.9. The van der Waals surface area contributed by atoms with Crippen molar-refractivity contribution < 1.29 is 9.53 Å². The number of hydrogen-bond donors (Lipinski definition) is 1. The van der Waals surface area contributed by atoms with Gasteiger partial charge in [0.15, 0.2) is 0 Å². The van der Waals surface area contributed by atoms with Crippen molar-refractivity contribution in [1.82, 2.24) is 14.8 Å². The minimum atomic E-state index is -0.358. The van der Waals surface area contributed by atoms with E-state index in [1.165, 1.54) is 7.11 Å².